The minimum absolute atomic E-state index is 0.0594. The second kappa shape index (κ2) is 6.76. The summed E-state index contributed by atoms with van der Waals surface area (Å²) in [7, 11) is 0. The lowest BCUT2D eigenvalue weighted by Crippen LogP contribution is -2.10. The van der Waals surface area contributed by atoms with Crippen molar-refractivity contribution in [1.29, 1.82) is 0 Å². The number of rotatable bonds is 3. The Balaban J connectivity index is 1.80. The molecular formula is C21H14N2O4. The van der Waals surface area contributed by atoms with Crippen LogP contribution in [0.5, 0.6) is 11.5 Å². The molecule has 2 aromatic carbocycles. The molecule has 27 heavy (non-hydrogen) atoms. The number of carbonyl (C=O) groups excluding carboxylic acids is 1. The van der Waals surface area contributed by atoms with Gasteiger partial charge in [-0.2, -0.15) is 0 Å². The summed E-state index contributed by atoms with van der Waals surface area (Å²) >= 11 is 0. The molecule has 132 valence electrons. The van der Waals surface area contributed by atoms with E-state index in [9.17, 15) is 14.7 Å². The third kappa shape index (κ3) is 3.28. The number of phenols is 1. The Hall–Kier alpha value is -3.93. The number of benzene rings is 2. The normalized spacial score (nSPS) is 10.7. The number of aromatic nitrogens is 2. The molecular weight excluding hydrogens is 344 g/mol. The number of esters is 1. The molecule has 0 bridgehead atoms. The number of fused-ring (bicyclic) bond motifs is 1. The predicted octanol–water partition coefficient (Wildman–Crippen LogP) is 3.51. The van der Waals surface area contributed by atoms with Crippen molar-refractivity contribution >= 4 is 16.9 Å². The van der Waals surface area contributed by atoms with Gasteiger partial charge in [-0.05, 0) is 36.4 Å². The van der Waals surface area contributed by atoms with E-state index in [0.29, 0.717) is 22.2 Å². The van der Waals surface area contributed by atoms with Crippen LogP contribution in [0.2, 0.25) is 0 Å². The fraction of sp³-hybridized carbons (Fsp3) is 0. The maximum atomic E-state index is 12.4. The van der Waals surface area contributed by atoms with Gasteiger partial charge in [0.05, 0.1) is 11.3 Å². The highest BCUT2D eigenvalue weighted by molar-refractivity contribution is 5.92. The Morgan fingerprint density at radius 1 is 1.04 bits per heavy atom. The fourth-order valence-electron chi connectivity index (χ4n) is 2.80. The van der Waals surface area contributed by atoms with Gasteiger partial charge in [0, 0.05) is 41.0 Å². The first-order chi connectivity index (χ1) is 13.1. The van der Waals surface area contributed by atoms with E-state index >= 15 is 0 Å². The summed E-state index contributed by atoms with van der Waals surface area (Å²) in [5.74, 6) is -0.538. The first kappa shape index (κ1) is 16.5. The molecule has 0 aliphatic carbocycles. The lowest BCUT2D eigenvalue weighted by molar-refractivity contribution is 0.0735. The van der Waals surface area contributed by atoms with Crippen LogP contribution >= 0.6 is 0 Å². The van der Waals surface area contributed by atoms with Crippen LogP contribution in [0, 0.1) is 0 Å². The molecule has 4 aromatic rings. The van der Waals surface area contributed by atoms with Gasteiger partial charge in [0.2, 0.25) is 0 Å². The summed E-state index contributed by atoms with van der Waals surface area (Å²) in [4.78, 5) is 31.8. The number of pyridine rings is 2. The highest BCUT2D eigenvalue weighted by atomic mass is 16.5. The van der Waals surface area contributed by atoms with E-state index in [1.165, 1.54) is 24.4 Å². The maximum absolute atomic E-state index is 12.4. The number of aromatic amines is 1. The number of phenolic OH excluding ortho intramolecular Hbond substituents is 1. The zero-order chi connectivity index (χ0) is 18.8. The molecule has 0 saturated heterocycles. The van der Waals surface area contributed by atoms with Gasteiger partial charge < -0.3 is 14.8 Å². The zero-order valence-corrected chi connectivity index (χ0v) is 14.0. The van der Waals surface area contributed by atoms with Crippen molar-refractivity contribution in [1.82, 2.24) is 9.97 Å². The monoisotopic (exact) mass is 358 g/mol. The number of nitrogens with one attached hydrogen (secondary N) is 1. The molecule has 0 radical (unpaired) electrons. The number of hydrogen-bond donors (Lipinski definition) is 2. The molecule has 2 aromatic heterocycles. The van der Waals surface area contributed by atoms with Crippen LogP contribution in [-0.2, 0) is 0 Å². The first-order valence-corrected chi connectivity index (χ1v) is 8.19. The van der Waals surface area contributed by atoms with Gasteiger partial charge in [-0.1, -0.05) is 12.1 Å². The van der Waals surface area contributed by atoms with Crippen molar-refractivity contribution in [2.24, 2.45) is 0 Å². The summed E-state index contributed by atoms with van der Waals surface area (Å²) in [6.07, 6.45) is 2.94. The van der Waals surface area contributed by atoms with Crippen molar-refractivity contribution in [2.75, 3.05) is 0 Å². The SMILES string of the molecule is O=C(Oc1cc(O)ccc1-c1cc(=O)c2ccccc2[nH]1)c1cccnc1. The van der Waals surface area contributed by atoms with Gasteiger partial charge in [0.1, 0.15) is 11.5 Å². The van der Waals surface area contributed by atoms with Crippen LogP contribution in [0.1, 0.15) is 10.4 Å². The lowest BCUT2D eigenvalue weighted by Gasteiger charge is -2.11. The standard InChI is InChI=1S/C21H14N2O4/c24-14-7-8-16(18-11-19(25)15-5-1-2-6-17(15)23-18)20(10-14)27-21(26)13-4-3-9-22-12-13/h1-12,24H,(H,23,25). The number of para-hydroxylation sites is 1. The number of hydrogen-bond acceptors (Lipinski definition) is 5. The Labute approximate surface area is 153 Å². The zero-order valence-electron chi connectivity index (χ0n) is 14.0. The Morgan fingerprint density at radius 3 is 2.70 bits per heavy atom. The van der Waals surface area contributed by atoms with Gasteiger partial charge in [-0.15, -0.1) is 0 Å². The summed E-state index contributed by atoms with van der Waals surface area (Å²) in [6.45, 7) is 0. The largest absolute Gasteiger partial charge is 0.508 e. The van der Waals surface area contributed by atoms with E-state index in [1.54, 1.807) is 42.6 Å². The second-order valence-electron chi connectivity index (χ2n) is 5.90. The average Bonchev–Trinajstić information content (AvgIpc) is 2.69. The Morgan fingerprint density at radius 2 is 1.89 bits per heavy atom. The van der Waals surface area contributed by atoms with Crippen molar-refractivity contribution < 1.29 is 14.6 Å². The molecule has 0 aliphatic rings. The number of H-pyrrole nitrogens is 1. The van der Waals surface area contributed by atoms with Gasteiger partial charge in [0.15, 0.2) is 5.43 Å². The second-order valence-corrected chi connectivity index (χ2v) is 5.90. The molecule has 0 saturated carbocycles. The molecule has 4 rings (SSSR count). The van der Waals surface area contributed by atoms with Crippen LogP contribution < -0.4 is 10.2 Å². The van der Waals surface area contributed by atoms with E-state index < -0.39 is 5.97 Å². The molecule has 0 amide bonds. The quantitative estimate of drug-likeness (QED) is 0.432. The van der Waals surface area contributed by atoms with Crippen molar-refractivity contribution in [3.05, 3.63) is 88.8 Å². The Kier molecular flexibility index (Phi) is 4.14. The number of aromatic hydroxyl groups is 1. The van der Waals surface area contributed by atoms with Crippen LogP contribution in [0.15, 0.2) is 77.9 Å². The summed E-state index contributed by atoms with van der Waals surface area (Å²) in [5.41, 5.74) is 1.74. The minimum atomic E-state index is -0.613. The van der Waals surface area contributed by atoms with E-state index in [4.69, 9.17) is 4.74 Å². The van der Waals surface area contributed by atoms with E-state index in [2.05, 4.69) is 9.97 Å². The third-order valence-corrected chi connectivity index (χ3v) is 4.09. The van der Waals surface area contributed by atoms with Crippen LogP contribution in [0.3, 0.4) is 0 Å². The lowest BCUT2D eigenvalue weighted by atomic mass is 10.1. The maximum Gasteiger partial charge on any atom is 0.345 e. The van der Waals surface area contributed by atoms with Gasteiger partial charge >= 0.3 is 5.97 Å². The number of nitrogens with zero attached hydrogens (tertiary/aromatic N) is 1. The highest BCUT2D eigenvalue weighted by Gasteiger charge is 2.15. The van der Waals surface area contributed by atoms with Crippen LogP contribution in [0.4, 0.5) is 0 Å². The van der Waals surface area contributed by atoms with Crippen molar-refractivity contribution in [3.8, 4) is 22.8 Å². The summed E-state index contributed by atoms with van der Waals surface area (Å²) in [6, 6.07) is 16.2. The van der Waals surface area contributed by atoms with Crippen molar-refractivity contribution in [3.63, 3.8) is 0 Å². The number of ether oxygens (including phenoxy) is 1. The highest BCUT2D eigenvalue weighted by Crippen LogP contribution is 2.32. The molecule has 6 nitrogen and oxygen atoms in total. The number of carbonyl (C=O) groups is 1. The molecule has 0 spiro atoms. The first-order valence-electron chi connectivity index (χ1n) is 8.19. The molecule has 2 N–H and O–H groups in total. The van der Waals surface area contributed by atoms with Gasteiger partial charge in [-0.3, -0.25) is 9.78 Å². The van der Waals surface area contributed by atoms with Crippen LogP contribution in [-0.4, -0.2) is 21.0 Å². The smallest absolute Gasteiger partial charge is 0.345 e. The van der Waals surface area contributed by atoms with Gasteiger partial charge in [-0.25, -0.2) is 4.79 Å². The van der Waals surface area contributed by atoms with E-state index in [0.717, 1.165) is 0 Å². The average molecular weight is 358 g/mol. The van der Waals surface area contributed by atoms with Crippen LogP contribution in [0.25, 0.3) is 22.2 Å². The minimum Gasteiger partial charge on any atom is -0.508 e. The van der Waals surface area contributed by atoms with E-state index in [1.807, 2.05) is 6.07 Å². The molecule has 0 atom stereocenters. The van der Waals surface area contributed by atoms with Gasteiger partial charge in [0.25, 0.3) is 0 Å². The molecule has 0 unspecified atom stereocenters. The van der Waals surface area contributed by atoms with E-state index in [-0.39, 0.29) is 22.5 Å². The van der Waals surface area contributed by atoms with Crippen molar-refractivity contribution in [2.45, 2.75) is 0 Å². The predicted molar refractivity (Wildman–Crippen MR) is 101 cm³/mol. The summed E-state index contributed by atoms with van der Waals surface area (Å²) in [5, 5.41) is 10.4. The molecule has 0 aliphatic heterocycles. The third-order valence-electron chi connectivity index (χ3n) is 4.09. The molecule has 0 fully saturated rings. The summed E-state index contributed by atoms with van der Waals surface area (Å²) < 4.78 is 5.46. The fourth-order valence-corrected chi connectivity index (χ4v) is 2.80. The topological polar surface area (TPSA) is 92.3 Å². The molecule has 6 heteroatoms. The Bertz CT molecular complexity index is 1200. The molecule has 2 heterocycles.